The van der Waals surface area contributed by atoms with Gasteiger partial charge in [-0.3, -0.25) is 14.4 Å². The van der Waals surface area contributed by atoms with Gasteiger partial charge in [-0.1, -0.05) is 91.0 Å². The number of anilines is 2. The van der Waals surface area contributed by atoms with Crippen molar-refractivity contribution in [2.75, 3.05) is 9.80 Å². The highest BCUT2D eigenvalue weighted by atomic mass is 16.5. The van der Waals surface area contributed by atoms with Gasteiger partial charge >= 0.3 is 5.97 Å². The molecule has 4 aromatic rings. The summed E-state index contributed by atoms with van der Waals surface area (Å²) in [5.41, 5.74) is 4.13. The first-order valence-corrected chi connectivity index (χ1v) is 14.3. The Bertz CT molecular complexity index is 1730. The lowest BCUT2D eigenvalue weighted by Gasteiger charge is -2.36. The lowest BCUT2D eigenvalue weighted by molar-refractivity contribution is -0.151. The molecule has 212 valence electrons. The Morgan fingerprint density at radius 1 is 0.721 bits per heavy atom. The molecule has 0 unspecified atom stereocenters. The molecule has 4 atom stereocenters. The summed E-state index contributed by atoms with van der Waals surface area (Å²) in [6.07, 6.45) is 3.15. The maximum Gasteiger partial charge on any atom is 0.330 e. The third kappa shape index (κ3) is 4.36. The molecule has 43 heavy (non-hydrogen) atoms. The SMILES string of the molecule is CC(=O)c1ccc(N2C(=O)[C@@H]3[C@H](C2=O)[C@H]2C=Cc4ccccc4N2[C@@H]3C(=O)OC(c2ccccc2)c2ccccc2)cc1. The molecular formula is C36H28N2O5. The number of rotatable bonds is 6. The summed E-state index contributed by atoms with van der Waals surface area (Å²) in [6.45, 7) is 1.46. The number of fused-ring (bicyclic) bond motifs is 5. The predicted molar refractivity (Wildman–Crippen MR) is 162 cm³/mol. The van der Waals surface area contributed by atoms with Crippen LogP contribution in [-0.2, 0) is 19.1 Å². The Labute approximate surface area is 249 Å². The fourth-order valence-corrected chi connectivity index (χ4v) is 6.65. The normalized spacial score (nSPS) is 21.9. The summed E-state index contributed by atoms with van der Waals surface area (Å²) in [5.74, 6) is -3.26. The molecule has 0 spiro atoms. The molecule has 0 aliphatic carbocycles. The highest BCUT2D eigenvalue weighted by molar-refractivity contribution is 6.24. The minimum absolute atomic E-state index is 0.113. The summed E-state index contributed by atoms with van der Waals surface area (Å²) in [7, 11) is 0. The first-order valence-electron chi connectivity index (χ1n) is 14.3. The zero-order valence-corrected chi connectivity index (χ0v) is 23.4. The molecule has 7 nitrogen and oxygen atoms in total. The van der Waals surface area contributed by atoms with Crippen LogP contribution in [-0.4, -0.2) is 35.7 Å². The van der Waals surface area contributed by atoms with Crippen LogP contribution in [0.1, 0.15) is 40.1 Å². The van der Waals surface area contributed by atoms with Gasteiger partial charge in [0.05, 0.1) is 23.6 Å². The Balaban J connectivity index is 1.30. The van der Waals surface area contributed by atoms with Crippen molar-refractivity contribution in [2.45, 2.75) is 25.1 Å². The van der Waals surface area contributed by atoms with E-state index in [1.54, 1.807) is 24.3 Å². The first kappa shape index (κ1) is 26.6. The van der Waals surface area contributed by atoms with E-state index in [0.29, 0.717) is 11.3 Å². The van der Waals surface area contributed by atoms with Crippen molar-refractivity contribution >= 4 is 41.0 Å². The maximum absolute atomic E-state index is 14.4. The summed E-state index contributed by atoms with van der Waals surface area (Å²) >= 11 is 0. The van der Waals surface area contributed by atoms with E-state index in [9.17, 15) is 19.2 Å². The second-order valence-corrected chi connectivity index (χ2v) is 11.1. The number of esters is 1. The number of hydrogen-bond donors (Lipinski definition) is 0. The lowest BCUT2D eigenvalue weighted by Crippen LogP contribution is -2.49. The number of carbonyl (C=O) groups excluding carboxylic acids is 4. The molecule has 0 aromatic heterocycles. The number of carbonyl (C=O) groups is 4. The van der Waals surface area contributed by atoms with Gasteiger partial charge in [0.2, 0.25) is 11.8 Å². The van der Waals surface area contributed by atoms with Gasteiger partial charge in [-0.15, -0.1) is 0 Å². The Morgan fingerprint density at radius 2 is 1.30 bits per heavy atom. The molecule has 3 aliphatic heterocycles. The van der Waals surface area contributed by atoms with Gasteiger partial charge in [0.25, 0.3) is 0 Å². The standard InChI is InChI=1S/C36H28N2O5/c1-22(39)23-16-19-27(20-17-23)37-34(40)30-29-21-18-24-10-8-9-15-28(24)38(29)32(31(30)35(37)41)36(42)43-33(25-11-4-2-5-12-25)26-13-6-3-7-14-26/h2-21,29-33H,1H3/t29-,30-,31-,32+/m1/s1. The van der Waals surface area contributed by atoms with Gasteiger partial charge in [-0.05, 0) is 53.9 Å². The summed E-state index contributed by atoms with van der Waals surface area (Å²) in [5, 5.41) is 0. The van der Waals surface area contributed by atoms with Gasteiger partial charge in [0.1, 0.15) is 6.04 Å². The van der Waals surface area contributed by atoms with E-state index in [1.807, 2.05) is 102 Å². The first-order chi connectivity index (χ1) is 20.9. The molecule has 0 radical (unpaired) electrons. The summed E-state index contributed by atoms with van der Waals surface area (Å²) in [6, 6.07) is 31.5. The topological polar surface area (TPSA) is 84.0 Å². The summed E-state index contributed by atoms with van der Waals surface area (Å²) in [4.78, 5) is 57.5. The van der Waals surface area contributed by atoms with Crippen molar-refractivity contribution in [3.63, 3.8) is 0 Å². The molecule has 2 amide bonds. The van der Waals surface area contributed by atoms with Gasteiger partial charge < -0.3 is 9.64 Å². The third-order valence-electron chi connectivity index (χ3n) is 8.63. The van der Waals surface area contributed by atoms with Crippen molar-refractivity contribution in [1.29, 1.82) is 0 Å². The zero-order valence-electron chi connectivity index (χ0n) is 23.4. The van der Waals surface area contributed by atoms with Crippen LogP contribution in [0.3, 0.4) is 0 Å². The van der Waals surface area contributed by atoms with Crippen molar-refractivity contribution in [3.05, 3.63) is 138 Å². The molecule has 2 saturated heterocycles. The van der Waals surface area contributed by atoms with E-state index in [2.05, 4.69) is 0 Å². The minimum Gasteiger partial charge on any atom is -0.451 e. The lowest BCUT2D eigenvalue weighted by atomic mass is 9.88. The second-order valence-electron chi connectivity index (χ2n) is 11.1. The molecule has 7 rings (SSSR count). The molecule has 0 N–H and O–H groups in total. The Hall–Kier alpha value is -5.30. The average Bonchev–Trinajstić information content (AvgIpc) is 3.53. The average molecular weight is 569 g/mol. The van der Waals surface area contributed by atoms with Gasteiger partial charge in [-0.2, -0.15) is 0 Å². The van der Waals surface area contributed by atoms with E-state index in [4.69, 9.17) is 4.74 Å². The number of imide groups is 1. The minimum atomic E-state index is -1.03. The number of amides is 2. The number of ether oxygens (including phenoxy) is 1. The molecule has 0 saturated carbocycles. The largest absolute Gasteiger partial charge is 0.451 e. The number of ketones is 1. The predicted octanol–water partition coefficient (Wildman–Crippen LogP) is 5.61. The fourth-order valence-electron chi connectivity index (χ4n) is 6.65. The van der Waals surface area contributed by atoms with Gasteiger partial charge in [-0.25, -0.2) is 9.69 Å². The van der Waals surface area contributed by atoms with Crippen LogP contribution in [0.25, 0.3) is 6.08 Å². The monoisotopic (exact) mass is 568 g/mol. The maximum atomic E-state index is 14.4. The van der Waals surface area contributed by atoms with Crippen LogP contribution >= 0.6 is 0 Å². The fraction of sp³-hybridized carbons (Fsp3) is 0.167. The van der Waals surface area contributed by atoms with Crippen LogP contribution < -0.4 is 9.80 Å². The highest BCUT2D eigenvalue weighted by Crippen LogP contribution is 2.49. The van der Waals surface area contributed by atoms with Crippen molar-refractivity contribution in [3.8, 4) is 0 Å². The van der Waals surface area contributed by atoms with Crippen molar-refractivity contribution in [1.82, 2.24) is 0 Å². The molecule has 2 fully saturated rings. The van der Waals surface area contributed by atoms with Crippen LogP contribution in [0.2, 0.25) is 0 Å². The third-order valence-corrected chi connectivity index (χ3v) is 8.63. The smallest absolute Gasteiger partial charge is 0.330 e. The van der Waals surface area contributed by atoms with Crippen LogP contribution in [0.4, 0.5) is 11.4 Å². The van der Waals surface area contributed by atoms with Crippen LogP contribution in [0, 0.1) is 11.8 Å². The molecular weight excluding hydrogens is 540 g/mol. The number of benzene rings is 4. The Morgan fingerprint density at radius 3 is 1.93 bits per heavy atom. The number of Topliss-reactive ketones (excluding diaryl/α,β-unsaturated/α-hetero) is 1. The quantitative estimate of drug-likeness (QED) is 0.171. The highest BCUT2D eigenvalue weighted by Gasteiger charge is 2.65. The molecule has 0 bridgehead atoms. The number of nitrogens with zero attached hydrogens (tertiary/aromatic N) is 2. The number of hydrogen-bond acceptors (Lipinski definition) is 6. The van der Waals surface area contributed by atoms with Gasteiger partial charge in [0, 0.05) is 11.3 Å². The van der Waals surface area contributed by atoms with Crippen LogP contribution in [0.5, 0.6) is 0 Å². The van der Waals surface area contributed by atoms with Crippen molar-refractivity contribution < 1.29 is 23.9 Å². The zero-order chi connectivity index (χ0) is 29.7. The molecule has 3 heterocycles. The van der Waals surface area contributed by atoms with Gasteiger partial charge in [0.15, 0.2) is 11.9 Å². The van der Waals surface area contributed by atoms with E-state index >= 15 is 0 Å². The molecule has 4 aromatic carbocycles. The summed E-state index contributed by atoms with van der Waals surface area (Å²) < 4.78 is 6.32. The van der Waals surface area contributed by atoms with Crippen LogP contribution in [0.15, 0.2) is 115 Å². The number of para-hydroxylation sites is 1. The van der Waals surface area contributed by atoms with E-state index in [1.165, 1.54) is 6.92 Å². The van der Waals surface area contributed by atoms with E-state index in [-0.39, 0.29) is 11.7 Å². The second kappa shape index (κ2) is 10.5. The van der Waals surface area contributed by atoms with Crippen molar-refractivity contribution in [2.24, 2.45) is 11.8 Å². The molecule has 3 aliphatic rings. The Kier molecular flexibility index (Phi) is 6.50. The van der Waals surface area contributed by atoms with E-state index in [0.717, 1.165) is 27.3 Å². The molecule has 7 heteroatoms. The van der Waals surface area contributed by atoms with E-state index < -0.39 is 41.9 Å².